The molecule has 122 valence electrons. The fraction of sp³-hybridized carbons (Fsp3) is 0.421. The van der Waals surface area contributed by atoms with Crippen molar-refractivity contribution in [3.8, 4) is 0 Å². The first-order valence-electron chi connectivity index (χ1n) is 8.28. The Morgan fingerprint density at radius 3 is 2.48 bits per heavy atom. The molecule has 1 fully saturated rings. The Kier molecular flexibility index (Phi) is 4.82. The predicted molar refractivity (Wildman–Crippen MR) is 88.3 cm³/mol. The molecule has 3 rings (SSSR count). The van der Waals surface area contributed by atoms with Crippen LogP contribution in [0.4, 0.5) is 0 Å². The molecule has 0 amide bonds. The Bertz CT molecular complexity index is 625. The molecule has 1 aromatic carbocycles. The summed E-state index contributed by atoms with van der Waals surface area (Å²) in [4.78, 5) is 13.5. The first-order valence-corrected chi connectivity index (χ1v) is 8.28. The smallest absolute Gasteiger partial charge is 0.306 e. The van der Waals surface area contributed by atoms with Crippen LogP contribution >= 0.6 is 0 Å². The normalized spacial score (nSPS) is 18.0. The standard InChI is InChI=1S/C19H23NO3/c1-2-14-5-7-15(8-6-14)18(17-4-3-13-23-17)20-11-9-16(10-12-20)19(21)22/h3-8,13,16,18H,2,9-12H2,1H3,(H,21,22). The zero-order valence-corrected chi connectivity index (χ0v) is 13.4. The monoisotopic (exact) mass is 313 g/mol. The molecular weight excluding hydrogens is 290 g/mol. The molecule has 0 bridgehead atoms. The first-order chi connectivity index (χ1) is 11.2. The van der Waals surface area contributed by atoms with Crippen molar-refractivity contribution in [1.82, 2.24) is 4.90 Å². The summed E-state index contributed by atoms with van der Waals surface area (Å²) in [6, 6.07) is 12.6. The van der Waals surface area contributed by atoms with Crippen molar-refractivity contribution in [2.75, 3.05) is 13.1 Å². The third-order valence-corrected chi connectivity index (χ3v) is 4.76. The maximum atomic E-state index is 11.2. The Balaban J connectivity index is 1.83. The van der Waals surface area contributed by atoms with E-state index in [9.17, 15) is 9.90 Å². The van der Waals surface area contributed by atoms with Gasteiger partial charge in [0.2, 0.25) is 0 Å². The number of rotatable bonds is 5. The lowest BCUT2D eigenvalue weighted by molar-refractivity contribution is -0.143. The third-order valence-electron chi connectivity index (χ3n) is 4.76. The minimum Gasteiger partial charge on any atom is -0.481 e. The van der Waals surface area contributed by atoms with Crippen molar-refractivity contribution in [2.24, 2.45) is 5.92 Å². The molecule has 1 unspecified atom stereocenters. The van der Waals surface area contributed by atoms with Gasteiger partial charge in [0.15, 0.2) is 0 Å². The van der Waals surface area contributed by atoms with E-state index in [2.05, 4.69) is 36.1 Å². The summed E-state index contributed by atoms with van der Waals surface area (Å²) in [5, 5.41) is 9.18. The summed E-state index contributed by atoms with van der Waals surface area (Å²) in [7, 11) is 0. The molecule has 0 aliphatic carbocycles. The van der Waals surface area contributed by atoms with Crippen LogP contribution in [0.2, 0.25) is 0 Å². The summed E-state index contributed by atoms with van der Waals surface area (Å²) >= 11 is 0. The maximum Gasteiger partial charge on any atom is 0.306 e. The predicted octanol–water partition coefficient (Wildman–Crippen LogP) is 3.73. The van der Waals surface area contributed by atoms with Crippen molar-refractivity contribution >= 4 is 5.97 Å². The SMILES string of the molecule is CCc1ccc(C(c2ccco2)N2CCC(C(=O)O)CC2)cc1. The first kappa shape index (κ1) is 15.8. The molecule has 23 heavy (non-hydrogen) atoms. The van der Waals surface area contributed by atoms with Gasteiger partial charge in [-0.3, -0.25) is 9.69 Å². The van der Waals surface area contributed by atoms with Crippen molar-refractivity contribution in [1.29, 1.82) is 0 Å². The molecule has 0 radical (unpaired) electrons. The van der Waals surface area contributed by atoms with Crippen molar-refractivity contribution in [2.45, 2.75) is 32.2 Å². The largest absolute Gasteiger partial charge is 0.481 e. The highest BCUT2D eigenvalue weighted by atomic mass is 16.4. The van der Waals surface area contributed by atoms with Gasteiger partial charge in [0.1, 0.15) is 5.76 Å². The van der Waals surface area contributed by atoms with Gasteiger partial charge in [0, 0.05) is 0 Å². The molecule has 1 aromatic heterocycles. The molecule has 1 aliphatic heterocycles. The van der Waals surface area contributed by atoms with Gasteiger partial charge in [0.25, 0.3) is 0 Å². The van der Waals surface area contributed by atoms with Crippen LogP contribution in [0, 0.1) is 5.92 Å². The number of piperidine rings is 1. The van der Waals surface area contributed by atoms with Crippen LogP contribution in [0.5, 0.6) is 0 Å². The number of hydrogen-bond acceptors (Lipinski definition) is 3. The van der Waals surface area contributed by atoms with Crippen molar-refractivity contribution in [3.63, 3.8) is 0 Å². The molecule has 4 nitrogen and oxygen atoms in total. The van der Waals surface area contributed by atoms with Crippen molar-refractivity contribution in [3.05, 3.63) is 59.5 Å². The highest BCUT2D eigenvalue weighted by Gasteiger charge is 2.31. The van der Waals surface area contributed by atoms with Crippen LogP contribution < -0.4 is 0 Å². The van der Waals surface area contributed by atoms with E-state index in [-0.39, 0.29) is 12.0 Å². The Morgan fingerprint density at radius 1 is 1.26 bits per heavy atom. The van der Waals surface area contributed by atoms with Crippen LogP contribution in [0.3, 0.4) is 0 Å². The van der Waals surface area contributed by atoms with E-state index in [0.29, 0.717) is 12.8 Å². The second-order valence-corrected chi connectivity index (χ2v) is 6.16. The topological polar surface area (TPSA) is 53.7 Å². The summed E-state index contributed by atoms with van der Waals surface area (Å²) in [6.07, 6.45) is 4.11. The third kappa shape index (κ3) is 3.48. The van der Waals surface area contributed by atoms with Crippen LogP contribution in [-0.4, -0.2) is 29.1 Å². The fourth-order valence-electron chi connectivity index (χ4n) is 3.34. The Hall–Kier alpha value is -2.07. The number of likely N-dealkylation sites (tertiary alicyclic amines) is 1. The molecule has 2 heterocycles. The Labute approximate surface area is 136 Å². The zero-order valence-electron chi connectivity index (χ0n) is 13.4. The second kappa shape index (κ2) is 7.01. The Morgan fingerprint density at radius 2 is 1.96 bits per heavy atom. The van der Waals surface area contributed by atoms with Gasteiger partial charge in [-0.1, -0.05) is 31.2 Å². The minimum absolute atomic E-state index is 0.0608. The molecule has 2 aromatic rings. The number of aliphatic carboxylic acids is 1. The molecule has 1 atom stereocenters. The number of carboxylic acid groups (broad SMARTS) is 1. The lowest BCUT2D eigenvalue weighted by Crippen LogP contribution is -2.39. The number of hydrogen-bond donors (Lipinski definition) is 1. The maximum absolute atomic E-state index is 11.2. The van der Waals surface area contributed by atoms with E-state index >= 15 is 0 Å². The van der Waals surface area contributed by atoms with E-state index in [1.54, 1.807) is 6.26 Å². The van der Waals surface area contributed by atoms with Gasteiger partial charge in [-0.2, -0.15) is 0 Å². The number of nitrogens with zero attached hydrogens (tertiary/aromatic N) is 1. The lowest BCUT2D eigenvalue weighted by atomic mass is 9.93. The fourth-order valence-corrected chi connectivity index (χ4v) is 3.34. The molecule has 1 N–H and O–H groups in total. The van der Waals surface area contributed by atoms with Crippen molar-refractivity contribution < 1.29 is 14.3 Å². The molecule has 1 aliphatic rings. The second-order valence-electron chi connectivity index (χ2n) is 6.16. The van der Waals surface area contributed by atoms with E-state index in [4.69, 9.17) is 4.42 Å². The van der Waals surface area contributed by atoms with Gasteiger partial charge in [-0.25, -0.2) is 0 Å². The minimum atomic E-state index is -0.675. The zero-order chi connectivity index (χ0) is 16.2. The average molecular weight is 313 g/mol. The summed E-state index contributed by atoms with van der Waals surface area (Å²) in [5.74, 6) is 0.0282. The van der Waals surface area contributed by atoms with Crippen LogP contribution in [0.1, 0.15) is 42.7 Å². The van der Waals surface area contributed by atoms with Crippen LogP contribution in [-0.2, 0) is 11.2 Å². The molecule has 4 heteroatoms. The quantitative estimate of drug-likeness (QED) is 0.914. The van der Waals surface area contributed by atoms with Gasteiger partial charge < -0.3 is 9.52 Å². The molecule has 0 spiro atoms. The highest BCUT2D eigenvalue weighted by molar-refractivity contribution is 5.70. The number of carbonyl (C=O) groups is 1. The van der Waals surface area contributed by atoms with E-state index in [1.165, 1.54) is 11.1 Å². The average Bonchev–Trinajstić information content (AvgIpc) is 3.10. The van der Waals surface area contributed by atoms with E-state index in [1.807, 2.05) is 12.1 Å². The molecular formula is C19H23NO3. The van der Waals surface area contributed by atoms with E-state index < -0.39 is 5.97 Å². The van der Waals surface area contributed by atoms with Gasteiger partial charge >= 0.3 is 5.97 Å². The van der Waals surface area contributed by atoms with Crippen LogP contribution in [0.15, 0.2) is 47.1 Å². The lowest BCUT2D eigenvalue weighted by Gasteiger charge is -2.35. The summed E-state index contributed by atoms with van der Waals surface area (Å²) in [5.41, 5.74) is 2.52. The number of carboxylic acids is 1. The summed E-state index contributed by atoms with van der Waals surface area (Å²) in [6.45, 7) is 3.70. The molecule has 0 saturated carbocycles. The van der Waals surface area contributed by atoms with Crippen LogP contribution in [0.25, 0.3) is 0 Å². The molecule has 1 saturated heterocycles. The van der Waals surface area contributed by atoms with Gasteiger partial charge in [-0.15, -0.1) is 0 Å². The van der Waals surface area contributed by atoms with Gasteiger partial charge in [-0.05, 0) is 55.6 Å². The number of aryl methyl sites for hydroxylation is 1. The summed E-state index contributed by atoms with van der Waals surface area (Å²) < 4.78 is 5.68. The van der Waals surface area contributed by atoms with Gasteiger partial charge in [0.05, 0.1) is 18.2 Å². The number of furan rings is 1. The highest BCUT2D eigenvalue weighted by Crippen LogP contribution is 2.33. The van der Waals surface area contributed by atoms with E-state index in [0.717, 1.165) is 25.3 Å². The number of benzene rings is 1.